The number of likely N-dealkylation sites (N-methyl/N-ethyl adjacent to an activating group) is 1. The van der Waals surface area contributed by atoms with Gasteiger partial charge in [0.1, 0.15) is 0 Å². The Bertz CT molecular complexity index is 321. The van der Waals surface area contributed by atoms with Crippen molar-refractivity contribution >= 4 is 11.3 Å². The van der Waals surface area contributed by atoms with E-state index in [0.29, 0.717) is 5.92 Å². The van der Waals surface area contributed by atoms with Crippen LogP contribution < -0.4 is 5.32 Å². The average molecular weight is 227 g/mol. The molecule has 0 bridgehead atoms. The van der Waals surface area contributed by atoms with Crippen LogP contribution in [0.4, 0.5) is 4.39 Å². The Morgan fingerprint density at radius 1 is 1.47 bits per heavy atom. The lowest BCUT2D eigenvalue weighted by atomic mass is 9.91. The van der Waals surface area contributed by atoms with Crippen LogP contribution in [0.3, 0.4) is 0 Å². The first-order chi connectivity index (χ1) is 7.31. The molecule has 1 N–H and O–H groups in total. The van der Waals surface area contributed by atoms with E-state index in [9.17, 15) is 4.39 Å². The highest BCUT2D eigenvalue weighted by Gasteiger charge is 2.20. The van der Waals surface area contributed by atoms with Crippen molar-refractivity contribution in [1.29, 1.82) is 0 Å². The van der Waals surface area contributed by atoms with Gasteiger partial charge < -0.3 is 5.32 Å². The quantitative estimate of drug-likeness (QED) is 0.817. The van der Waals surface area contributed by atoms with Crippen LogP contribution in [-0.4, -0.2) is 13.6 Å². The van der Waals surface area contributed by atoms with Crippen LogP contribution >= 0.6 is 11.3 Å². The molecule has 0 saturated heterocycles. The van der Waals surface area contributed by atoms with E-state index in [0.717, 1.165) is 13.0 Å². The summed E-state index contributed by atoms with van der Waals surface area (Å²) in [5, 5.41) is 3.21. The third-order valence-corrected chi connectivity index (χ3v) is 4.26. The molecule has 0 amide bonds. The minimum atomic E-state index is -0.0111. The van der Waals surface area contributed by atoms with Gasteiger partial charge in [-0.3, -0.25) is 0 Å². The molecule has 1 nitrogen and oxygen atoms in total. The van der Waals surface area contributed by atoms with E-state index in [1.807, 2.05) is 7.05 Å². The van der Waals surface area contributed by atoms with Crippen LogP contribution in [0.25, 0.3) is 0 Å². The van der Waals surface area contributed by atoms with Crippen molar-refractivity contribution in [3.05, 3.63) is 21.6 Å². The Morgan fingerprint density at radius 2 is 2.33 bits per heavy atom. The normalized spacial score (nSPS) is 21.9. The lowest BCUT2D eigenvalue weighted by molar-refractivity contribution is 0.522. The number of nitrogens with one attached hydrogen (secondary N) is 1. The fourth-order valence-electron chi connectivity index (χ4n) is 2.40. The van der Waals surface area contributed by atoms with Gasteiger partial charge in [0.25, 0.3) is 0 Å². The van der Waals surface area contributed by atoms with Crippen molar-refractivity contribution in [2.45, 2.75) is 38.0 Å². The minimum Gasteiger partial charge on any atom is -0.319 e. The molecule has 2 rings (SSSR count). The van der Waals surface area contributed by atoms with Gasteiger partial charge >= 0.3 is 0 Å². The predicted molar refractivity (Wildman–Crippen MR) is 63.1 cm³/mol. The molecule has 15 heavy (non-hydrogen) atoms. The summed E-state index contributed by atoms with van der Waals surface area (Å²) in [6.07, 6.45) is 6.06. The first-order valence-corrected chi connectivity index (χ1v) is 6.55. The smallest absolute Gasteiger partial charge is 0.176 e. The Morgan fingerprint density at radius 3 is 3.13 bits per heavy atom. The Kier molecular flexibility index (Phi) is 3.76. The first-order valence-electron chi connectivity index (χ1n) is 5.74. The highest BCUT2D eigenvalue weighted by atomic mass is 32.1. The largest absolute Gasteiger partial charge is 0.319 e. The fourth-order valence-corrected chi connectivity index (χ4v) is 3.48. The molecular formula is C12H18FNS. The zero-order chi connectivity index (χ0) is 10.7. The summed E-state index contributed by atoms with van der Waals surface area (Å²) in [5.41, 5.74) is 1.26. The molecule has 84 valence electrons. The monoisotopic (exact) mass is 227 g/mol. The number of hydrogen-bond acceptors (Lipinski definition) is 2. The number of hydrogen-bond donors (Lipinski definition) is 1. The topological polar surface area (TPSA) is 12.0 Å². The van der Waals surface area contributed by atoms with Gasteiger partial charge in [-0.1, -0.05) is 12.8 Å². The van der Waals surface area contributed by atoms with Crippen molar-refractivity contribution in [2.75, 3.05) is 13.6 Å². The number of thiophene rings is 1. The number of rotatable bonds is 2. The zero-order valence-electron chi connectivity index (χ0n) is 9.18. The van der Waals surface area contributed by atoms with Gasteiger partial charge in [-0.05, 0) is 37.9 Å². The first kappa shape index (κ1) is 11.1. The maximum absolute atomic E-state index is 13.3. The lowest BCUT2D eigenvalue weighted by Crippen LogP contribution is -2.18. The number of halogens is 1. The van der Waals surface area contributed by atoms with Gasteiger partial charge in [0, 0.05) is 17.3 Å². The highest BCUT2D eigenvalue weighted by molar-refractivity contribution is 7.10. The molecule has 1 aliphatic rings. The summed E-state index contributed by atoms with van der Waals surface area (Å²) < 4.78 is 13.3. The van der Waals surface area contributed by atoms with Gasteiger partial charge in [-0.2, -0.15) is 4.39 Å². The van der Waals surface area contributed by atoms with Crippen LogP contribution in [0.5, 0.6) is 0 Å². The maximum atomic E-state index is 13.3. The SMILES string of the molecule is CNCC1CCCCCc2cc(F)sc21. The zero-order valence-corrected chi connectivity index (χ0v) is 10.0. The summed E-state index contributed by atoms with van der Waals surface area (Å²) in [7, 11) is 1.97. The summed E-state index contributed by atoms with van der Waals surface area (Å²) in [6, 6.07) is 1.74. The molecule has 0 saturated carbocycles. The van der Waals surface area contributed by atoms with Gasteiger partial charge in [-0.25, -0.2) is 0 Å². The van der Waals surface area contributed by atoms with Crippen molar-refractivity contribution in [2.24, 2.45) is 0 Å². The summed E-state index contributed by atoms with van der Waals surface area (Å²) in [6.45, 7) is 0.979. The molecule has 1 unspecified atom stereocenters. The number of aryl methyl sites for hydroxylation is 1. The third-order valence-electron chi connectivity index (χ3n) is 3.13. The molecule has 0 spiro atoms. The van der Waals surface area contributed by atoms with E-state index in [-0.39, 0.29) is 5.13 Å². The fraction of sp³-hybridized carbons (Fsp3) is 0.667. The van der Waals surface area contributed by atoms with E-state index in [1.54, 1.807) is 6.07 Å². The van der Waals surface area contributed by atoms with Crippen LogP contribution in [0.2, 0.25) is 0 Å². The van der Waals surface area contributed by atoms with Crippen molar-refractivity contribution in [1.82, 2.24) is 5.32 Å². The molecule has 1 aliphatic carbocycles. The lowest BCUT2D eigenvalue weighted by Gasteiger charge is -2.19. The minimum absolute atomic E-state index is 0.0111. The molecule has 1 atom stereocenters. The average Bonchev–Trinajstić information content (AvgIpc) is 2.54. The summed E-state index contributed by atoms with van der Waals surface area (Å²) in [5.74, 6) is 0.528. The molecule has 0 aliphatic heterocycles. The second kappa shape index (κ2) is 5.08. The summed E-state index contributed by atoms with van der Waals surface area (Å²) >= 11 is 1.35. The van der Waals surface area contributed by atoms with E-state index >= 15 is 0 Å². The predicted octanol–water partition coefficient (Wildman–Crippen LogP) is 3.31. The molecule has 1 heterocycles. The Labute approximate surface area is 94.7 Å². The van der Waals surface area contributed by atoms with Crippen LogP contribution in [0.1, 0.15) is 42.0 Å². The van der Waals surface area contributed by atoms with Gasteiger partial charge in [0.2, 0.25) is 0 Å². The number of fused-ring (bicyclic) bond motifs is 1. The maximum Gasteiger partial charge on any atom is 0.176 e. The van der Waals surface area contributed by atoms with Crippen LogP contribution in [0, 0.1) is 5.13 Å². The van der Waals surface area contributed by atoms with E-state index in [4.69, 9.17) is 0 Å². The van der Waals surface area contributed by atoms with E-state index in [1.165, 1.54) is 47.5 Å². The second-order valence-electron chi connectivity index (χ2n) is 4.29. The standard InChI is InChI=1S/C12H18FNS/c1-14-8-10-6-4-2-3-5-9-7-11(13)15-12(9)10/h7,10,14H,2-6,8H2,1H3. The second-order valence-corrected chi connectivity index (χ2v) is 5.33. The van der Waals surface area contributed by atoms with Gasteiger partial charge in [-0.15, -0.1) is 11.3 Å². The van der Waals surface area contributed by atoms with E-state index in [2.05, 4.69) is 5.32 Å². The molecule has 1 aromatic heterocycles. The Hall–Kier alpha value is -0.410. The van der Waals surface area contributed by atoms with Crippen molar-refractivity contribution in [3.63, 3.8) is 0 Å². The van der Waals surface area contributed by atoms with Crippen LogP contribution in [0.15, 0.2) is 6.07 Å². The van der Waals surface area contributed by atoms with E-state index < -0.39 is 0 Å². The van der Waals surface area contributed by atoms with Gasteiger partial charge in [0.05, 0.1) is 0 Å². The molecule has 3 heteroatoms. The molecule has 1 aromatic rings. The molecule has 0 aromatic carbocycles. The Balaban J connectivity index is 2.25. The van der Waals surface area contributed by atoms with Crippen molar-refractivity contribution < 1.29 is 4.39 Å². The highest BCUT2D eigenvalue weighted by Crippen LogP contribution is 2.34. The molecule has 0 radical (unpaired) electrons. The van der Waals surface area contributed by atoms with Crippen LogP contribution in [-0.2, 0) is 6.42 Å². The van der Waals surface area contributed by atoms with Gasteiger partial charge in [0.15, 0.2) is 5.13 Å². The van der Waals surface area contributed by atoms with Crippen molar-refractivity contribution in [3.8, 4) is 0 Å². The molecular weight excluding hydrogens is 209 g/mol. The molecule has 0 fully saturated rings. The third kappa shape index (κ3) is 2.58. The summed E-state index contributed by atoms with van der Waals surface area (Å²) in [4.78, 5) is 1.29.